The van der Waals surface area contributed by atoms with Crippen molar-refractivity contribution in [3.8, 4) is 67.5 Å². The van der Waals surface area contributed by atoms with Gasteiger partial charge in [0.05, 0.1) is 0 Å². The van der Waals surface area contributed by atoms with Gasteiger partial charge < -0.3 is 17.7 Å². The Hall–Kier alpha value is -15.5. The summed E-state index contributed by atoms with van der Waals surface area (Å²) in [7, 11) is -12.4. The van der Waals surface area contributed by atoms with E-state index in [-0.39, 0.29) is 0 Å². The quantitative estimate of drug-likeness (QED) is 0.0358. The highest BCUT2D eigenvalue weighted by atomic mass is 28.4. The van der Waals surface area contributed by atoms with Gasteiger partial charge in [0.2, 0.25) is 0 Å². The molecule has 0 fully saturated rings. The van der Waals surface area contributed by atoms with Crippen LogP contribution in [-0.2, 0) is 72.5 Å². The Kier molecular flexibility index (Phi) is 30.2. The number of hydrogen-bond acceptors (Lipinski definition) is 4. The van der Waals surface area contributed by atoms with Gasteiger partial charge in [-0.1, -0.05) is 510 Å². The van der Waals surface area contributed by atoms with Gasteiger partial charge in [0.15, 0.2) is 0 Å². The molecule has 8 heteroatoms. The van der Waals surface area contributed by atoms with Crippen molar-refractivity contribution in [2.45, 2.75) is 84.4 Å². The Morgan fingerprint density at radius 3 is 0.359 bits per heavy atom. The van der Waals surface area contributed by atoms with Crippen LogP contribution in [0.1, 0.15) is 101 Å². The second-order valence-electron chi connectivity index (χ2n) is 38.5. The second kappa shape index (κ2) is 45.6. The van der Waals surface area contributed by atoms with Crippen LogP contribution in [0.4, 0.5) is 0 Å². The molecule has 0 saturated carbocycles. The summed E-state index contributed by atoms with van der Waals surface area (Å²) < 4.78 is 34.0. The SMILES string of the molecule is c1ccc(C[Si](Cc2ccccc2)(Cc2ccccc2)Oc2ccc(C(c3ccc(O[Si](Cc4ccccc4)(Cc4ccccc4)Cc4ccccc4)c(-c4ccccc4)c3)C(c3ccc(O[Si](Cc4ccccc4)(Cc4ccccc4)Cc4ccccc4)c(-c4ccccc4)c3)c3ccc(O[Si](Cc4ccccc4)(Cc4ccccc4)Cc4ccccc4)c(-c4ccccc4)c3)cc2-c2ccccc2)cc1. The zero-order valence-corrected chi connectivity index (χ0v) is 84.4. The first-order valence-electron chi connectivity index (χ1n) is 50.1. The highest BCUT2D eigenvalue weighted by Gasteiger charge is 2.45. The fourth-order valence-corrected chi connectivity index (χ4v) is 38.3. The maximum absolute atomic E-state index is 8.50. The molecule has 142 heavy (non-hydrogen) atoms. The predicted molar refractivity (Wildman–Crippen MR) is 598 cm³/mol. The Morgan fingerprint density at radius 1 is 0.127 bits per heavy atom. The fourth-order valence-electron chi connectivity index (χ4n) is 21.6. The van der Waals surface area contributed by atoms with Crippen molar-refractivity contribution in [3.63, 3.8) is 0 Å². The molecule has 0 spiro atoms. The van der Waals surface area contributed by atoms with Gasteiger partial charge in [-0.05, 0) is 160 Å². The summed E-state index contributed by atoms with van der Waals surface area (Å²) in [5.74, 6) is 2.46. The molecular weight excluding hydrogens is 1790 g/mol. The van der Waals surface area contributed by atoms with Crippen molar-refractivity contribution in [1.82, 2.24) is 0 Å². The molecule has 0 bridgehead atoms. The topological polar surface area (TPSA) is 36.9 Å². The minimum atomic E-state index is -3.09. The molecule has 4 nitrogen and oxygen atoms in total. The van der Waals surface area contributed by atoms with Crippen LogP contribution in [0.15, 0.2) is 558 Å². The maximum atomic E-state index is 8.50. The van der Waals surface area contributed by atoms with E-state index in [9.17, 15) is 0 Å². The molecule has 0 aliphatic heterocycles. The average Bonchev–Trinajstić information content (AvgIpc) is 0.740. The third-order valence-corrected chi connectivity index (χ3v) is 43.1. The number of hydrogen-bond donors (Lipinski definition) is 0. The van der Waals surface area contributed by atoms with Crippen molar-refractivity contribution >= 4 is 33.3 Å². The minimum absolute atomic E-state index is 0.482. The molecule has 20 aromatic carbocycles. The van der Waals surface area contributed by atoms with E-state index in [4.69, 9.17) is 17.7 Å². The van der Waals surface area contributed by atoms with Gasteiger partial charge in [-0.2, -0.15) is 0 Å². The minimum Gasteiger partial charge on any atom is -0.542 e. The van der Waals surface area contributed by atoms with Crippen LogP contribution in [0.2, 0.25) is 0 Å². The van der Waals surface area contributed by atoms with Gasteiger partial charge >= 0.3 is 0 Å². The highest BCUT2D eigenvalue weighted by Crippen LogP contribution is 2.52. The Balaban J connectivity index is 0.874. The average molecular weight is 1900 g/mol. The summed E-state index contributed by atoms with van der Waals surface area (Å²) in [4.78, 5) is 0. The molecule has 20 rings (SSSR count). The van der Waals surface area contributed by atoms with E-state index in [0.717, 1.165) is 162 Å². The van der Waals surface area contributed by atoms with Crippen LogP contribution in [0.3, 0.4) is 0 Å². The van der Waals surface area contributed by atoms with Crippen LogP contribution in [0.5, 0.6) is 23.0 Å². The lowest BCUT2D eigenvalue weighted by atomic mass is 9.72. The Labute approximate surface area is 843 Å². The van der Waals surface area contributed by atoms with Crippen LogP contribution in [-0.4, -0.2) is 33.3 Å². The summed E-state index contributed by atoms with van der Waals surface area (Å²) in [5, 5.41) is 0. The van der Waals surface area contributed by atoms with Gasteiger partial charge in [0.1, 0.15) is 23.0 Å². The van der Waals surface area contributed by atoms with Crippen molar-refractivity contribution in [3.05, 3.63) is 647 Å². The summed E-state index contributed by atoms with van der Waals surface area (Å²) in [6, 6.07) is 216. The van der Waals surface area contributed by atoms with Gasteiger partial charge in [-0.15, -0.1) is 0 Å². The molecule has 0 amide bonds. The molecular formula is C134H118O4Si4. The van der Waals surface area contributed by atoms with Gasteiger partial charge in [-0.25, -0.2) is 0 Å². The molecule has 0 radical (unpaired) electrons. The lowest BCUT2D eigenvalue weighted by Gasteiger charge is -2.36. The van der Waals surface area contributed by atoms with E-state index in [2.05, 4.69) is 558 Å². The lowest BCUT2D eigenvalue weighted by Crippen LogP contribution is -2.50. The molecule has 0 heterocycles. The smallest absolute Gasteiger partial charge is 0.264 e. The molecule has 0 aliphatic rings. The second-order valence-corrected chi connectivity index (χ2v) is 53.1. The molecule has 0 saturated heterocycles. The number of benzene rings is 20. The van der Waals surface area contributed by atoms with Gasteiger partial charge in [0, 0.05) is 107 Å². The Morgan fingerprint density at radius 2 is 0.239 bits per heavy atom. The monoisotopic (exact) mass is 1900 g/mol. The standard InChI is InChI=1S/C134H118O4Si4/c1-17-49-105(50-18-1)93-139(94-106-51-19-2-20-52-106,95-107-53-21-3-22-54-107)135-129-85-81-121(89-125(129)117-73-41-13-42-74-117)133(122-82-86-130(126(90-122)118-75-43-14-44-76-118)136-140(96-108-55-23-4-24-56-108,97-109-57-25-5-26-58-109)98-110-59-27-6-28-60-110)134(123-83-87-131(127(91-123)119-77-45-15-46-78-119)137-141(99-111-61-29-7-30-62-111,100-112-63-31-8-32-64-112)101-113-65-33-9-34-66-113)124-84-88-132(128(92-124)120-79-47-16-48-80-120)138-142(102-114-67-35-10-36-68-114,103-115-69-37-11-38-70-115)104-116-71-39-12-40-72-116/h1-92,133-134H,93-104H2. The van der Waals surface area contributed by atoms with Crippen LogP contribution in [0, 0.1) is 0 Å². The van der Waals surface area contributed by atoms with Crippen LogP contribution < -0.4 is 17.7 Å². The van der Waals surface area contributed by atoms with E-state index >= 15 is 0 Å². The first-order valence-corrected chi connectivity index (χ1v) is 60.2. The molecule has 0 aromatic heterocycles. The van der Waals surface area contributed by atoms with Crippen molar-refractivity contribution < 1.29 is 17.7 Å². The molecule has 0 aliphatic carbocycles. The van der Waals surface area contributed by atoms with E-state index in [1.165, 1.54) is 66.8 Å². The first kappa shape index (κ1) is 94.1. The maximum Gasteiger partial charge on any atom is 0.264 e. The first-order chi connectivity index (χ1) is 70.1. The summed E-state index contributed by atoms with van der Waals surface area (Å²) in [6.07, 6.45) is 0. The highest BCUT2D eigenvalue weighted by molar-refractivity contribution is 6.74. The van der Waals surface area contributed by atoms with Crippen LogP contribution >= 0.6 is 0 Å². The molecule has 0 atom stereocenters. The molecule has 694 valence electrons. The van der Waals surface area contributed by atoms with Gasteiger partial charge in [0.25, 0.3) is 33.3 Å². The molecule has 20 aromatic rings. The van der Waals surface area contributed by atoms with E-state index in [1.54, 1.807) is 0 Å². The zero-order valence-electron chi connectivity index (χ0n) is 80.4. The molecule has 0 unspecified atom stereocenters. The van der Waals surface area contributed by atoms with E-state index in [1.807, 2.05) is 0 Å². The van der Waals surface area contributed by atoms with Crippen molar-refractivity contribution in [2.24, 2.45) is 0 Å². The predicted octanol–water partition coefficient (Wildman–Crippen LogP) is 32.0. The lowest BCUT2D eigenvalue weighted by molar-refractivity contribution is 0.523. The zero-order chi connectivity index (χ0) is 95.7. The van der Waals surface area contributed by atoms with Gasteiger partial charge in [-0.3, -0.25) is 0 Å². The summed E-state index contributed by atoms with van der Waals surface area (Å²) in [5.41, 5.74) is 27.8. The van der Waals surface area contributed by atoms with Crippen LogP contribution in [0.25, 0.3) is 44.5 Å². The third kappa shape index (κ3) is 24.1. The van der Waals surface area contributed by atoms with Crippen molar-refractivity contribution in [1.29, 1.82) is 0 Å². The summed E-state index contributed by atoms with van der Waals surface area (Å²) >= 11 is 0. The third-order valence-electron chi connectivity index (χ3n) is 27.9. The summed E-state index contributed by atoms with van der Waals surface area (Å²) in [6.45, 7) is 0. The molecule has 0 N–H and O–H groups in total. The van der Waals surface area contributed by atoms with E-state index in [0.29, 0.717) is 0 Å². The normalized spacial score (nSPS) is 11.7. The number of rotatable bonds is 41. The largest absolute Gasteiger partial charge is 0.542 e. The van der Waals surface area contributed by atoms with Crippen molar-refractivity contribution in [2.75, 3.05) is 0 Å². The Bertz CT molecular complexity index is 6050. The van der Waals surface area contributed by atoms with E-state index < -0.39 is 45.1 Å². The fraction of sp³-hybridized carbons (Fsp3) is 0.104.